The topological polar surface area (TPSA) is 61.8 Å². The van der Waals surface area contributed by atoms with Crippen LogP contribution in [0.2, 0.25) is 0 Å². The highest BCUT2D eigenvalue weighted by atomic mass is 16.5. The van der Waals surface area contributed by atoms with Gasteiger partial charge in [-0.1, -0.05) is 38.1 Å². The Labute approximate surface area is 160 Å². The molecule has 0 bridgehead atoms. The number of carboxylic acids is 1. The van der Waals surface area contributed by atoms with Gasteiger partial charge in [-0.15, -0.1) is 0 Å². The van der Waals surface area contributed by atoms with Crippen LogP contribution in [0.15, 0.2) is 42.5 Å². The van der Waals surface area contributed by atoms with Crippen molar-refractivity contribution >= 4 is 17.3 Å². The van der Waals surface area contributed by atoms with Crippen LogP contribution in [0, 0.1) is 0 Å². The van der Waals surface area contributed by atoms with Gasteiger partial charge in [0, 0.05) is 18.8 Å². The molecule has 2 aromatic carbocycles. The number of hydrogen-bond acceptors (Lipinski definition) is 4. The molecule has 5 nitrogen and oxygen atoms in total. The summed E-state index contributed by atoms with van der Waals surface area (Å²) < 4.78 is 5.46. The number of ether oxygens (including phenoxy) is 1. The average molecular weight is 366 g/mol. The fourth-order valence-corrected chi connectivity index (χ4v) is 4.26. The molecule has 0 aromatic heterocycles. The van der Waals surface area contributed by atoms with Crippen LogP contribution in [-0.4, -0.2) is 37.4 Å². The van der Waals surface area contributed by atoms with Crippen LogP contribution in [0.4, 0.5) is 11.4 Å². The smallest absolute Gasteiger partial charge is 0.337 e. The Morgan fingerprint density at radius 3 is 2.67 bits per heavy atom. The normalized spacial score (nSPS) is 21.3. The van der Waals surface area contributed by atoms with E-state index in [9.17, 15) is 9.90 Å². The van der Waals surface area contributed by atoms with Crippen LogP contribution in [-0.2, 0) is 10.2 Å². The largest absolute Gasteiger partial charge is 0.478 e. The van der Waals surface area contributed by atoms with E-state index in [1.807, 2.05) is 12.1 Å². The Balaban J connectivity index is 1.69. The maximum atomic E-state index is 11.7. The van der Waals surface area contributed by atoms with E-state index in [1.165, 1.54) is 11.3 Å². The van der Waals surface area contributed by atoms with E-state index in [0.717, 1.165) is 44.0 Å². The van der Waals surface area contributed by atoms with Gasteiger partial charge in [0.15, 0.2) is 0 Å². The second-order valence-corrected chi connectivity index (χ2v) is 8.01. The summed E-state index contributed by atoms with van der Waals surface area (Å²) in [6.07, 6.45) is 0.912. The third-order valence-corrected chi connectivity index (χ3v) is 5.71. The number of nitrogens with one attached hydrogen (secondary N) is 1. The van der Waals surface area contributed by atoms with Crippen LogP contribution in [0.5, 0.6) is 0 Å². The van der Waals surface area contributed by atoms with Crippen molar-refractivity contribution in [2.45, 2.75) is 31.7 Å². The van der Waals surface area contributed by atoms with Crippen molar-refractivity contribution in [1.82, 2.24) is 0 Å². The molecule has 1 fully saturated rings. The molecule has 1 saturated heterocycles. The highest BCUT2D eigenvalue weighted by molar-refractivity contribution is 5.95. The van der Waals surface area contributed by atoms with Crippen LogP contribution >= 0.6 is 0 Å². The van der Waals surface area contributed by atoms with Crippen LogP contribution in [0.25, 0.3) is 0 Å². The first kappa shape index (κ1) is 17.9. The van der Waals surface area contributed by atoms with Crippen molar-refractivity contribution in [2.75, 3.05) is 36.5 Å². The molecule has 2 aromatic rings. The van der Waals surface area contributed by atoms with E-state index < -0.39 is 5.97 Å². The molecule has 27 heavy (non-hydrogen) atoms. The Bertz CT molecular complexity index is 856. The monoisotopic (exact) mass is 366 g/mol. The Hall–Kier alpha value is -2.53. The highest BCUT2D eigenvalue weighted by Gasteiger charge is 2.35. The Morgan fingerprint density at radius 1 is 1.19 bits per heavy atom. The van der Waals surface area contributed by atoms with Gasteiger partial charge in [0.1, 0.15) is 0 Å². The van der Waals surface area contributed by atoms with Gasteiger partial charge in [-0.25, -0.2) is 4.79 Å². The fraction of sp³-hybridized carbons (Fsp3) is 0.409. The predicted molar refractivity (Wildman–Crippen MR) is 107 cm³/mol. The summed E-state index contributed by atoms with van der Waals surface area (Å²) in [5.74, 6) is -0.891. The molecule has 5 heteroatoms. The summed E-state index contributed by atoms with van der Waals surface area (Å²) in [5.41, 5.74) is 4.46. The van der Waals surface area contributed by atoms with E-state index in [1.54, 1.807) is 6.07 Å². The fourth-order valence-electron chi connectivity index (χ4n) is 4.26. The quantitative estimate of drug-likeness (QED) is 0.858. The molecular formula is C22H26N2O3. The lowest BCUT2D eigenvalue weighted by atomic mass is 9.73. The zero-order valence-electron chi connectivity index (χ0n) is 15.9. The standard InChI is InChI=1S/C22H26N2O3/c1-22(2)14-19(23-20-17(21(25)26)7-4-8-18(20)22)15-5-3-6-16(13-15)24-9-11-27-12-10-24/h3-8,13,19,23H,9-12,14H2,1-2H3,(H,25,26). The van der Waals surface area contributed by atoms with Crippen LogP contribution < -0.4 is 10.2 Å². The number of benzene rings is 2. The first-order chi connectivity index (χ1) is 13.0. The lowest BCUT2D eigenvalue weighted by Crippen LogP contribution is -2.36. The number of carboxylic acid groups (broad SMARTS) is 1. The van der Waals surface area contributed by atoms with Crippen LogP contribution in [0.1, 0.15) is 47.8 Å². The summed E-state index contributed by atoms with van der Waals surface area (Å²) in [7, 11) is 0. The van der Waals surface area contributed by atoms with Gasteiger partial charge in [-0.2, -0.15) is 0 Å². The van der Waals surface area contributed by atoms with E-state index in [0.29, 0.717) is 5.56 Å². The van der Waals surface area contributed by atoms with Gasteiger partial charge >= 0.3 is 5.97 Å². The molecule has 0 amide bonds. The van der Waals surface area contributed by atoms with Crippen molar-refractivity contribution in [3.8, 4) is 0 Å². The third kappa shape index (κ3) is 3.39. The van der Waals surface area contributed by atoms with Crippen molar-refractivity contribution in [2.24, 2.45) is 0 Å². The molecule has 0 aliphatic carbocycles. The van der Waals surface area contributed by atoms with E-state index in [-0.39, 0.29) is 11.5 Å². The van der Waals surface area contributed by atoms with Crippen LogP contribution in [0.3, 0.4) is 0 Å². The summed E-state index contributed by atoms with van der Waals surface area (Å²) in [6.45, 7) is 7.70. The zero-order chi connectivity index (χ0) is 19.0. The number of hydrogen-bond donors (Lipinski definition) is 2. The SMILES string of the molecule is CC1(C)CC(c2cccc(N3CCOCC3)c2)Nc2c(C(=O)O)cccc21. The highest BCUT2D eigenvalue weighted by Crippen LogP contribution is 2.45. The summed E-state index contributed by atoms with van der Waals surface area (Å²) in [6, 6.07) is 14.2. The number of rotatable bonds is 3. The van der Waals surface area contributed by atoms with Crippen molar-refractivity contribution in [3.05, 3.63) is 59.2 Å². The molecule has 0 radical (unpaired) electrons. The summed E-state index contributed by atoms with van der Waals surface area (Å²) in [5, 5.41) is 13.1. The summed E-state index contributed by atoms with van der Waals surface area (Å²) >= 11 is 0. The average Bonchev–Trinajstić information content (AvgIpc) is 2.68. The second-order valence-electron chi connectivity index (χ2n) is 8.01. The molecule has 0 saturated carbocycles. The van der Waals surface area contributed by atoms with Gasteiger partial charge in [-0.05, 0) is 41.2 Å². The minimum Gasteiger partial charge on any atom is -0.478 e. The van der Waals surface area contributed by atoms with E-state index in [4.69, 9.17) is 4.74 Å². The summed E-state index contributed by atoms with van der Waals surface area (Å²) in [4.78, 5) is 14.1. The number of anilines is 2. The molecule has 0 spiro atoms. The van der Waals surface area contributed by atoms with Gasteiger partial charge in [0.2, 0.25) is 0 Å². The lowest BCUT2D eigenvalue weighted by Gasteiger charge is -2.40. The van der Waals surface area contributed by atoms with Crippen molar-refractivity contribution in [1.29, 1.82) is 0 Å². The maximum Gasteiger partial charge on any atom is 0.337 e. The number of aromatic carboxylic acids is 1. The molecule has 1 atom stereocenters. The molecule has 2 aliphatic heterocycles. The van der Waals surface area contributed by atoms with Gasteiger partial charge in [0.25, 0.3) is 0 Å². The number of nitrogens with zero attached hydrogens (tertiary/aromatic N) is 1. The molecule has 2 aliphatic rings. The van der Waals surface area contributed by atoms with E-state index >= 15 is 0 Å². The number of morpholine rings is 1. The van der Waals surface area contributed by atoms with Gasteiger partial charge in [-0.3, -0.25) is 0 Å². The minimum absolute atomic E-state index is 0.0778. The molecule has 2 heterocycles. The number of fused-ring (bicyclic) bond motifs is 1. The lowest BCUT2D eigenvalue weighted by molar-refractivity contribution is 0.0697. The molecule has 1 unspecified atom stereocenters. The second kappa shape index (κ2) is 6.89. The van der Waals surface area contributed by atoms with Gasteiger partial charge in [0.05, 0.1) is 30.5 Å². The first-order valence-electron chi connectivity index (χ1n) is 9.52. The molecule has 4 rings (SSSR count). The Morgan fingerprint density at radius 2 is 1.93 bits per heavy atom. The number of para-hydroxylation sites is 1. The minimum atomic E-state index is -0.891. The van der Waals surface area contributed by atoms with Crippen molar-refractivity contribution in [3.63, 3.8) is 0 Å². The van der Waals surface area contributed by atoms with Crippen molar-refractivity contribution < 1.29 is 14.6 Å². The van der Waals surface area contributed by atoms with E-state index in [2.05, 4.69) is 48.3 Å². The Kier molecular flexibility index (Phi) is 4.56. The molecule has 142 valence electrons. The third-order valence-electron chi connectivity index (χ3n) is 5.71. The maximum absolute atomic E-state index is 11.7. The van der Waals surface area contributed by atoms with Gasteiger partial charge < -0.3 is 20.1 Å². The predicted octanol–water partition coefficient (Wildman–Crippen LogP) is 4.06. The first-order valence-corrected chi connectivity index (χ1v) is 9.52. The zero-order valence-corrected chi connectivity index (χ0v) is 15.9. The number of carbonyl (C=O) groups is 1. The molecule has 2 N–H and O–H groups in total. The molecular weight excluding hydrogens is 340 g/mol.